The number of nitrogens with one attached hydrogen (secondary N) is 1. The second kappa shape index (κ2) is 24.9. The van der Waals surface area contributed by atoms with Gasteiger partial charge in [-0.2, -0.15) is 5.26 Å². The molecule has 1 heterocycles. The van der Waals surface area contributed by atoms with Gasteiger partial charge >= 0.3 is 0 Å². The molecular weight excluding hydrogens is 811 g/mol. The van der Waals surface area contributed by atoms with E-state index in [2.05, 4.69) is 12.2 Å². The number of aryl methyl sites for hydroxylation is 1. The molecule has 7 N–H and O–H groups in total. The Kier molecular flexibility index (Phi) is 19.8. The zero-order chi connectivity index (χ0) is 46.1. The van der Waals surface area contributed by atoms with Crippen LogP contribution in [0.15, 0.2) is 48.5 Å². The summed E-state index contributed by atoms with van der Waals surface area (Å²) in [6.07, 6.45) is 4.19. The van der Waals surface area contributed by atoms with Crippen molar-refractivity contribution in [1.29, 1.82) is 5.26 Å². The van der Waals surface area contributed by atoms with E-state index in [1.807, 2.05) is 6.07 Å². The lowest BCUT2D eigenvalue weighted by Gasteiger charge is -2.32. The molecule has 1 aliphatic rings. The van der Waals surface area contributed by atoms with Crippen molar-refractivity contribution < 1.29 is 42.2 Å². The molecular formula is C48H62F2N6O7. The van der Waals surface area contributed by atoms with Gasteiger partial charge in [-0.25, -0.2) is 8.78 Å². The van der Waals surface area contributed by atoms with Gasteiger partial charge in [-0.1, -0.05) is 51.7 Å². The van der Waals surface area contributed by atoms with Gasteiger partial charge in [0.05, 0.1) is 17.7 Å². The topological polar surface area (TPSA) is 221 Å². The number of hydrogen-bond donors (Lipinski definition) is 4. The van der Waals surface area contributed by atoms with Crippen molar-refractivity contribution in [2.75, 3.05) is 39.9 Å². The number of nitrogens with two attached hydrogens (primary N) is 3. The number of carbonyl (C=O) groups is 5. The summed E-state index contributed by atoms with van der Waals surface area (Å²) in [4.78, 5) is 71.2. The summed E-state index contributed by atoms with van der Waals surface area (Å²) in [5.41, 5.74) is 19.2. The Labute approximate surface area is 369 Å². The fraction of sp³-hybridized carbons (Fsp3) is 0.500. The van der Waals surface area contributed by atoms with Gasteiger partial charge in [0.15, 0.2) is 17.3 Å². The Morgan fingerprint density at radius 3 is 2.14 bits per heavy atom. The number of ether oxygens (including phenoxy) is 2. The van der Waals surface area contributed by atoms with Crippen LogP contribution in [-0.2, 0) is 32.0 Å². The molecule has 0 saturated heterocycles. The SMILES string of the molecule is CCCCCCCc1cc(F)c(C(=O)C[C@@H](CCN)C(=O)N(C)[C@@H]2C(=O)C[C@@H](C)C(=O)N[C@H](C(=O)CCC#N)Cc3ccc(OCCN)c(c3)-c3cc2ccc3OCCN)c(F)c1. The monoisotopic (exact) mass is 872 g/mol. The van der Waals surface area contributed by atoms with Crippen LogP contribution in [0, 0.1) is 34.8 Å². The molecule has 0 unspecified atom stereocenters. The molecule has 4 atom stereocenters. The van der Waals surface area contributed by atoms with E-state index in [1.165, 1.54) is 18.9 Å². The number of likely N-dealkylation sites (N-methyl/N-ethyl adjacent to an activating group) is 1. The highest BCUT2D eigenvalue weighted by Crippen LogP contribution is 2.41. The van der Waals surface area contributed by atoms with E-state index in [1.54, 1.807) is 36.4 Å². The van der Waals surface area contributed by atoms with Gasteiger partial charge in [0.25, 0.3) is 0 Å². The smallest absolute Gasteiger partial charge is 0.226 e. The van der Waals surface area contributed by atoms with Crippen molar-refractivity contribution in [3.8, 4) is 28.7 Å². The fourth-order valence-electron chi connectivity index (χ4n) is 7.94. The minimum atomic E-state index is -1.34. The van der Waals surface area contributed by atoms with E-state index in [4.69, 9.17) is 26.7 Å². The quantitative estimate of drug-likeness (QED) is 0.0671. The zero-order valence-electron chi connectivity index (χ0n) is 36.7. The second-order valence-electron chi connectivity index (χ2n) is 16.2. The molecule has 340 valence electrons. The fourth-order valence-corrected chi connectivity index (χ4v) is 7.94. The molecule has 13 nitrogen and oxygen atoms in total. The number of hydrogen-bond acceptors (Lipinski definition) is 11. The molecule has 0 radical (unpaired) electrons. The molecule has 2 amide bonds. The molecule has 0 spiro atoms. The third kappa shape index (κ3) is 13.7. The van der Waals surface area contributed by atoms with E-state index in [9.17, 15) is 29.2 Å². The number of nitriles is 1. The van der Waals surface area contributed by atoms with E-state index in [-0.39, 0.29) is 70.7 Å². The number of halogens is 2. The third-order valence-corrected chi connectivity index (χ3v) is 11.3. The highest BCUT2D eigenvalue weighted by molar-refractivity contribution is 6.00. The molecule has 4 bridgehead atoms. The van der Waals surface area contributed by atoms with Gasteiger partial charge < -0.3 is 36.9 Å². The number of unbranched alkanes of at least 4 members (excludes halogenated alkanes) is 4. The first-order chi connectivity index (χ1) is 30.3. The van der Waals surface area contributed by atoms with Crippen LogP contribution in [0.5, 0.6) is 11.5 Å². The average Bonchev–Trinajstić information content (AvgIpc) is 3.25. The molecule has 4 rings (SSSR count). The van der Waals surface area contributed by atoms with Gasteiger partial charge in [0.1, 0.15) is 42.4 Å². The summed E-state index contributed by atoms with van der Waals surface area (Å²) in [6.45, 7) is 4.22. The molecule has 63 heavy (non-hydrogen) atoms. The van der Waals surface area contributed by atoms with Crippen LogP contribution < -0.4 is 32.0 Å². The molecule has 0 aliphatic carbocycles. The number of amides is 2. The summed E-state index contributed by atoms with van der Waals surface area (Å²) < 4.78 is 43.1. The van der Waals surface area contributed by atoms with E-state index in [0.717, 1.165) is 44.2 Å². The van der Waals surface area contributed by atoms with Gasteiger partial charge in [-0.05, 0) is 85.3 Å². The van der Waals surface area contributed by atoms with Gasteiger partial charge in [0, 0.05) is 68.8 Å². The average molecular weight is 873 g/mol. The predicted molar refractivity (Wildman–Crippen MR) is 236 cm³/mol. The number of fused-ring (bicyclic) bond motifs is 5. The number of ketones is 3. The predicted octanol–water partition coefficient (Wildman–Crippen LogP) is 6.07. The van der Waals surface area contributed by atoms with E-state index >= 15 is 8.78 Å². The third-order valence-electron chi connectivity index (χ3n) is 11.3. The first-order valence-electron chi connectivity index (χ1n) is 21.9. The Bertz CT molecular complexity index is 2100. The Hall–Kier alpha value is -5.56. The molecule has 0 aromatic heterocycles. The molecule has 3 aromatic rings. The number of nitrogens with zero attached hydrogens (tertiary/aromatic N) is 2. The maximum Gasteiger partial charge on any atom is 0.226 e. The minimum Gasteiger partial charge on any atom is -0.492 e. The lowest BCUT2D eigenvalue weighted by atomic mass is 9.88. The van der Waals surface area contributed by atoms with Crippen LogP contribution in [0.2, 0.25) is 0 Å². The number of benzene rings is 3. The Morgan fingerprint density at radius 2 is 1.52 bits per heavy atom. The van der Waals surface area contributed by atoms with Crippen LogP contribution in [0.1, 0.15) is 111 Å². The normalized spacial score (nSPS) is 16.9. The standard InChI is InChI=1S/C48H62F2N6O7/c1-4-5-6-7-8-10-31-25-37(49)45(38(50)26-31)41(58)29-34(16-18-52)48(61)56(3)46-33-13-15-44(63-22-20-54)36(28-33)35-24-32(12-14-43(35)62-21-19-53)27-39(40(57)11-9-17-51)55-47(60)30(2)23-42(46)59/h12-15,24-26,28,30,34,39,46H,4-11,16,18-23,27,29,52-54H2,1-3H3,(H,55,60)/t30-,34-,39+,46+/m1/s1. The van der Waals surface area contributed by atoms with E-state index in [0.29, 0.717) is 45.7 Å². The zero-order valence-corrected chi connectivity index (χ0v) is 36.7. The van der Waals surface area contributed by atoms with Crippen molar-refractivity contribution >= 4 is 29.2 Å². The second-order valence-corrected chi connectivity index (χ2v) is 16.2. The van der Waals surface area contributed by atoms with Crippen molar-refractivity contribution in [3.05, 3.63) is 82.4 Å². The minimum absolute atomic E-state index is 0.0410. The number of Topliss-reactive ketones (excluding diaryl/α,β-unsaturated/α-hetero) is 3. The Morgan fingerprint density at radius 1 is 0.889 bits per heavy atom. The van der Waals surface area contributed by atoms with Crippen LogP contribution in [0.4, 0.5) is 8.78 Å². The van der Waals surface area contributed by atoms with Crippen molar-refractivity contribution in [1.82, 2.24) is 10.2 Å². The number of carbonyl (C=O) groups excluding carboxylic acids is 5. The summed E-state index contributed by atoms with van der Waals surface area (Å²) in [5, 5.41) is 12.0. The highest BCUT2D eigenvalue weighted by atomic mass is 19.1. The first kappa shape index (κ1) is 50.1. The summed E-state index contributed by atoms with van der Waals surface area (Å²) in [5.74, 6) is -6.52. The maximum atomic E-state index is 15.5. The van der Waals surface area contributed by atoms with Crippen molar-refractivity contribution in [2.24, 2.45) is 29.0 Å². The lowest BCUT2D eigenvalue weighted by molar-refractivity contribution is -0.142. The Balaban J connectivity index is 1.80. The highest BCUT2D eigenvalue weighted by Gasteiger charge is 2.36. The van der Waals surface area contributed by atoms with E-state index < -0.39 is 70.9 Å². The summed E-state index contributed by atoms with van der Waals surface area (Å²) in [7, 11) is 1.39. The summed E-state index contributed by atoms with van der Waals surface area (Å²) >= 11 is 0. The molecule has 1 aliphatic heterocycles. The van der Waals surface area contributed by atoms with Crippen molar-refractivity contribution in [2.45, 2.75) is 103 Å². The van der Waals surface area contributed by atoms with Gasteiger partial charge in [-0.15, -0.1) is 0 Å². The van der Waals surface area contributed by atoms with Crippen molar-refractivity contribution in [3.63, 3.8) is 0 Å². The maximum absolute atomic E-state index is 15.5. The molecule has 3 aromatic carbocycles. The largest absolute Gasteiger partial charge is 0.492 e. The lowest BCUT2D eigenvalue weighted by Crippen LogP contribution is -2.46. The molecule has 0 saturated carbocycles. The van der Waals surface area contributed by atoms with Crippen LogP contribution in [-0.4, -0.2) is 80.0 Å². The first-order valence-corrected chi connectivity index (χ1v) is 21.9. The van der Waals surface area contributed by atoms with Gasteiger partial charge in [0.2, 0.25) is 11.8 Å². The van der Waals surface area contributed by atoms with Crippen LogP contribution in [0.3, 0.4) is 0 Å². The summed E-state index contributed by atoms with van der Waals surface area (Å²) in [6, 6.07) is 12.1. The van der Waals surface area contributed by atoms with Crippen LogP contribution >= 0.6 is 0 Å². The molecule has 15 heteroatoms. The molecule has 0 fully saturated rings. The van der Waals surface area contributed by atoms with Gasteiger partial charge in [-0.3, -0.25) is 24.0 Å². The van der Waals surface area contributed by atoms with Crippen LogP contribution in [0.25, 0.3) is 11.1 Å². The number of rotatable bonds is 22.